The van der Waals surface area contributed by atoms with Gasteiger partial charge >= 0.3 is 5.97 Å². The van der Waals surface area contributed by atoms with Gasteiger partial charge in [0.2, 0.25) is 0 Å². The molecule has 0 bridgehead atoms. The Balaban J connectivity index is 2.15. The van der Waals surface area contributed by atoms with Crippen LogP contribution in [0.15, 0.2) is 24.3 Å². The first-order chi connectivity index (χ1) is 12.7. The van der Waals surface area contributed by atoms with Gasteiger partial charge in [0.15, 0.2) is 5.78 Å². The molecule has 0 fully saturated rings. The molecule has 1 heterocycles. The average molecular weight is 371 g/mol. The van der Waals surface area contributed by atoms with Gasteiger partial charge in [0.25, 0.3) is 11.8 Å². The van der Waals surface area contributed by atoms with E-state index in [-0.39, 0.29) is 17.3 Å². The number of anilines is 1. The van der Waals surface area contributed by atoms with E-state index in [1.54, 1.807) is 19.1 Å². The summed E-state index contributed by atoms with van der Waals surface area (Å²) in [5.74, 6) is -2.14. The number of hydrogen-bond donors (Lipinski definition) is 4. The molecule has 0 radical (unpaired) electrons. The van der Waals surface area contributed by atoms with Crippen molar-refractivity contribution in [3.8, 4) is 0 Å². The highest BCUT2D eigenvalue weighted by Crippen LogP contribution is 2.21. The van der Waals surface area contributed by atoms with E-state index in [0.717, 1.165) is 0 Å². The number of hydrogen-bond acceptors (Lipinski definition) is 4. The van der Waals surface area contributed by atoms with Crippen LogP contribution in [0.3, 0.4) is 0 Å². The molecule has 0 saturated heterocycles. The number of amides is 2. The van der Waals surface area contributed by atoms with Gasteiger partial charge in [0.05, 0.1) is 0 Å². The van der Waals surface area contributed by atoms with E-state index in [0.29, 0.717) is 34.6 Å². The van der Waals surface area contributed by atoms with Crippen molar-refractivity contribution < 1.29 is 24.3 Å². The number of carboxylic acids is 1. The highest BCUT2D eigenvalue weighted by Gasteiger charge is 2.21. The third-order valence-electron chi connectivity index (χ3n) is 4.03. The lowest BCUT2D eigenvalue weighted by Crippen LogP contribution is -2.29. The lowest BCUT2D eigenvalue weighted by molar-refractivity contribution is -0.135. The molecule has 2 rings (SSSR count). The van der Waals surface area contributed by atoms with Crippen molar-refractivity contribution in [2.24, 2.45) is 0 Å². The molecule has 0 saturated carbocycles. The third-order valence-corrected chi connectivity index (χ3v) is 4.03. The Kier molecular flexibility index (Phi) is 6.12. The molecule has 1 aromatic carbocycles. The van der Waals surface area contributed by atoms with Crippen LogP contribution in [-0.4, -0.2) is 40.2 Å². The van der Waals surface area contributed by atoms with Crippen molar-refractivity contribution in [2.75, 3.05) is 11.9 Å². The number of benzene rings is 1. The van der Waals surface area contributed by atoms with Crippen molar-refractivity contribution >= 4 is 29.3 Å². The minimum absolute atomic E-state index is 0.101. The number of H-pyrrole nitrogens is 1. The molecule has 8 nitrogen and oxygen atoms in total. The average Bonchev–Trinajstić information content (AvgIpc) is 2.97. The van der Waals surface area contributed by atoms with Crippen LogP contribution in [0.4, 0.5) is 5.69 Å². The summed E-state index contributed by atoms with van der Waals surface area (Å²) in [4.78, 5) is 49.6. The van der Waals surface area contributed by atoms with Crippen LogP contribution in [-0.2, 0) is 11.2 Å². The van der Waals surface area contributed by atoms with Crippen LogP contribution in [0, 0.1) is 6.92 Å². The Morgan fingerprint density at radius 1 is 1.07 bits per heavy atom. The predicted molar refractivity (Wildman–Crippen MR) is 99.3 cm³/mol. The fraction of sp³-hybridized carbons (Fsp3) is 0.263. The Labute approximate surface area is 156 Å². The van der Waals surface area contributed by atoms with Gasteiger partial charge in [-0.1, -0.05) is 6.92 Å². The van der Waals surface area contributed by atoms with Gasteiger partial charge in [-0.15, -0.1) is 0 Å². The van der Waals surface area contributed by atoms with Crippen LogP contribution >= 0.6 is 0 Å². The topological polar surface area (TPSA) is 128 Å². The SMILES string of the molecule is CCc1c(C(=O)Nc2ccc(C(=O)NCC(=O)O)cc2)[nH]c(C)c1C(C)=O. The molecule has 27 heavy (non-hydrogen) atoms. The van der Waals surface area contributed by atoms with Gasteiger partial charge in [0.1, 0.15) is 12.2 Å². The van der Waals surface area contributed by atoms with E-state index in [2.05, 4.69) is 15.6 Å². The molecule has 0 aliphatic rings. The summed E-state index contributed by atoms with van der Waals surface area (Å²) in [5, 5.41) is 13.6. The number of aromatic amines is 1. The van der Waals surface area contributed by atoms with Gasteiger partial charge < -0.3 is 20.7 Å². The zero-order valence-corrected chi connectivity index (χ0v) is 15.3. The van der Waals surface area contributed by atoms with E-state index in [4.69, 9.17) is 5.11 Å². The number of ketones is 1. The first-order valence-electron chi connectivity index (χ1n) is 8.38. The van der Waals surface area contributed by atoms with Crippen LogP contribution in [0.5, 0.6) is 0 Å². The molecule has 0 aliphatic carbocycles. The summed E-state index contributed by atoms with van der Waals surface area (Å²) in [6.07, 6.45) is 0.532. The summed E-state index contributed by atoms with van der Waals surface area (Å²) in [6.45, 7) is 4.61. The van der Waals surface area contributed by atoms with E-state index in [1.165, 1.54) is 19.1 Å². The Hall–Kier alpha value is -3.42. The molecule has 8 heteroatoms. The first kappa shape index (κ1) is 19.9. The molecule has 0 spiro atoms. The number of Topliss-reactive ketones (excluding diaryl/α,β-unsaturated/α-hetero) is 1. The highest BCUT2D eigenvalue weighted by molar-refractivity contribution is 6.08. The number of aryl methyl sites for hydroxylation is 1. The van der Waals surface area contributed by atoms with Gasteiger partial charge in [0, 0.05) is 22.5 Å². The maximum Gasteiger partial charge on any atom is 0.322 e. The number of aromatic nitrogens is 1. The van der Waals surface area contributed by atoms with Crippen LogP contribution in [0.1, 0.15) is 56.3 Å². The largest absolute Gasteiger partial charge is 0.480 e. The van der Waals surface area contributed by atoms with Crippen LogP contribution < -0.4 is 10.6 Å². The van der Waals surface area contributed by atoms with E-state index in [1.807, 2.05) is 6.92 Å². The third kappa shape index (κ3) is 4.60. The smallest absolute Gasteiger partial charge is 0.322 e. The van der Waals surface area contributed by atoms with E-state index >= 15 is 0 Å². The number of carbonyl (C=O) groups is 4. The van der Waals surface area contributed by atoms with Crippen molar-refractivity contribution in [3.05, 3.63) is 52.3 Å². The molecular weight excluding hydrogens is 350 g/mol. The molecule has 142 valence electrons. The fourth-order valence-corrected chi connectivity index (χ4v) is 2.86. The summed E-state index contributed by atoms with van der Waals surface area (Å²) < 4.78 is 0. The maximum absolute atomic E-state index is 12.6. The summed E-state index contributed by atoms with van der Waals surface area (Å²) in [5.41, 5.74) is 2.93. The van der Waals surface area contributed by atoms with E-state index < -0.39 is 18.4 Å². The summed E-state index contributed by atoms with van der Waals surface area (Å²) >= 11 is 0. The molecule has 0 aliphatic heterocycles. The molecule has 2 aromatic rings. The minimum Gasteiger partial charge on any atom is -0.480 e. The van der Waals surface area contributed by atoms with Crippen molar-refractivity contribution in [3.63, 3.8) is 0 Å². The van der Waals surface area contributed by atoms with Crippen molar-refractivity contribution in [2.45, 2.75) is 27.2 Å². The van der Waals surface area contributed by atoms with Crippen molar-refractivity contribution in [1.29, 1.82) is 0 Å². The lowest BCUT2D eigenvalue weighted by Gasteiger charge is -2.07. The molecular formula is C19H21N3O5. The Morgan fingerprint density at radius 2 is 1.70 bits per heavy atom. The second kappa shape index (κ2) is 8.31. The molecule has 0 atom stereocenters. The van der Waals surface area contributed by atoms with Gasteiger partial charge in [-0.3, -0.25) is 19.2 Å². The second-order valence-electron chi connectivity index (χ2n) is 6.00. The Bertz CT molecular complexity index is 897. The van der Waals surface area contributed by atoms with Crippen LogP contribution in [0.2, 0.25) is 0 Å². The van der Waals surface area contributed by atoms with Gasteiger partial charge in [-0.2, -0.15) is 0 Å². The standard InChI is InChI=1S/C19H21N3O5/c1-4-14-16(11(3)23)10(2)21-17(14)19(27)22-13-7-5-12(6-8-13)18(26)20-9-15(24)25/h5-8,21H,4,9H2,1-3H3,(H,20,26)(H,22,27)(H,24,25). The number of carbonyl (C=O) groups excluding carboxylic acids is 3. The highest BCUT2D eigenvalue weighted by atomic mass is 16.4. The van der Waals surface area contributed by atoms with Crippen molar-refractivity contribution in [1.82, 2.24) is 10.3 Å². The monoisotopic (exact) mass is 371 g/mol. The first-order valence-corrected chi connectivity index (χ1v) is 8.38. The zero-order chi connectivity index (χ0) is 20.1. The minimum atomic E-state index is -1.13. The lowest BCUT2D eigenvalue weighted by atomic mass is 10.0. The Morgan fingerprint density at radius 3 is 2.22 bits per heavy atom. The normalized spacial score (nSPS) is 10.3. The molecule has 4 N–H and O–H groups in total. The maximum atomic E-state index is 12.6. The van der Waals surface area contributed by atoms with Gasteiger partial charge in [-0.25, -0.2) is 0 Å². The summed E-state index contributed by atoms with van der Waals surface area (Å²) in [7, 11) is 0. The number of nitrogens with one attached hydrogen (secondary N) is 3. The quantitative estimate of drug-likeness (QED) is 0.554. The number of carboxylic acid groups (broad SMARTS) is 1. The van der Waals surface area contributed by atoms with E-state index in [9.17, 15) is 19.2 Å². The molecule has 2 amide bonds. The molecule has 1 aromatic heterocycles. The predicted octanol–water partition coefficient (Wildman–Crippen LogP) is 2.15. The molecule has 0 unspecified atom stereocenters. The number of aliphatic carboxylic acids is 1. The summed E-state index contributed by atoms with van der Waals surface area (Å²) in [6, 6.07) is 6.05. The number of rotatable bonds is 7. The van der Waals surface area contributed by atoms with Crippen LogP contribution in [0.25, 0.3) is 0 Å². The second-order valence-corrected chi connectivity index (χ2v) is 6.00. The zero-order valence-electron chi connectivity index (χ0n) is 15.3. The van der Waals surface area contributed by atoms with Gasteiger partial charge in [-0.05, 0) is 50.1 Å². The fourth-order valence-electron chi connectivity index (χ4n) is 2.86.